The SMILES string of the molecule is Cc1cnc(C(=O)Cc2ccc3c(c2)[C@@]2(CCOC(NC(=O)c4ccccc4)=N2)c2cc(Br)cnc2O3)cn1. The first-order valence-corrected chi connectivity index (χ1v) is 13.1. The van der Waals surface area contributed by atoms with Crippen LogP contribution in [0.1, 0.15) is 49.7 Å². The number of aromatic nitrogens is 3. The summed E-state index contributed by atoms with van der Waals surface area (Å²) in [5.41, 5.74) is 2.83. The number of benzene rings is 2. The number of hydrogen-bond acceptors (Lipinski definition) is 8. The summed E-state index contributed by atoms with van der Waals surface area (Å²) in [4.78, 5) is 43.7. The topological polar surface area (TPSA) is 116 Å². The van der Waals surface area contributed by atoms with Crippen molar-refractivity contribution in [3.8, 4) is 11.6 Å². The van der Waals surface area contributed by atoms with Crippen LogP contribution in [0.15, 0.2) is 82.7 Å². The van der Waals surface area contributed by atoms with Crippen molar-refractivity contribution >= 4 is 33.6 Å². The first-order valence-electron chi connectivity index (χ1n) is 12.3. The minimum Gasteiger partial charge on any atom is -0.465 e. The number of ketones is 1. The number of aliphatic imine (C=N–C) groups is 1. The van der Waals surface area contributed by atoms with Crippen LogP contribution in [-0.2, 0) is 16.7 Å². The quantitative estimate of drug-likeness (QED) is 0.339. The molecule has 39 heavy (non-hydrogen) atoms. The first-order chi connectivity index (χ1) is 18.9. The van der Waals surface area contributed by atoms with Gasteiger partial charge in [0.1, 0.15) is 17.0 Å². The molecule has 2 aromatic carbocycles. The third-order valence-corrected chi connectivity index (χ3v) is 7.08. The molecule has 9 nitrogen and oxygen atoms in total. The number of amides is 1. The van der Waals surface area contributed by atoms with E-state index >= 15 is 0 Å². The second kappa shape index (κ2) is 10.0. The minimum atomic E-state index is -0.958. The van der Waals surface area contributed by atoms with Crippen LogP contribution in [0.2, 0.25) is 0 Å². The molecule has 2 aliphatic rings. The number of ether oxygens (including phenoxy) is 2. The molecule has 1 N–H and O–H groups in total. The fourth-order valence-corrected chi connectivity index (χ4v) is 5.07. The lowest BCUT2D eigenvalue weighted by molar-refractivity contribution is 0.0956. The second-order valence-electron chi connectivity index (χ2n) is 9.28. The monoisotopic (exact) mass is 583 g/mol. The highest BCUT2D eigenvalue weighted by Crippen LogP contribution is 2.52. The van der Waals surface area contributed by atoms with Gasteiger partial charge in [-0.05, 0) is 58.7 Å². The Morgan fingerprint density at radius 2 is 1.85 bits per heavy atom. The van der Waals surface area contributed by atoms with E-state index in [-0.39, 0.29) is 24.1 Å². The van der Waals surface area contributed by atoms with E-state index in [0.29, 0.717) is 35.9 Å². The van der Waals surface area contributed by atoms with Gasteiger partial charge in [0.15, 0.2) is 5.78 Å². The van der Waals surface area contributed by atoms with Crippen LogP contribution in [-0.4, -0.2) is 39.3 Å². The van der Waals surface area contributed by atoms with E-state index in [9.17, 15) is 9.59 Å². The zero-order valence-electron chi connectivity index (χ0n) is 20.8. The standard InChI is InChI=1S/C29H22BrN5O4/c1-17-14-32-23(16-31-17)24(36)12-18-7-8-25-21(11-18)29(22-13-20(30)15-33-27(22)39-25)9-10-38-28(35-29)34-26(37)19-5-3-2-4-6-19/h2-8,11,13-16H,9-10,12H2,1H3,(H,34,35,37)/t29-/m0/s1. The van der Waals surface area contributed by atoms with Crippen molar-refractivity contribution in [1.82, 2.24) is 20.3 Å². The summed E-state index contributed by atoms with van der Waals surface area (Å²) in [7, 11) is 0. The largest absolute Gasteiger partial charge is 0.465 e. The Labute approximate surface area is 232 Å². The van der Waals surface area contributed by atoms with Crippen molar-refractivity contribution in [2.24, 2.45) is 4.99 Å². The zero-order valence-corrected chi connectivity index (χ0v) is 22.4. The second-order valence-corrected chi connectivity index (χ2v) is 10.2. The van der Waals surface area contributed by atoms with Gasteiger partial charge in [-0.3, -0.25) is 19.9 Å². The van der Waals surface area contributed by atoms with Gasteiger partial charge in [-0.1, -0.05) is 24.3 Å². The van der Waals surface area contributed by atoms with Gasteiger partial charge >= 0.3 is 0 Å². The van der Waals surface area contributed by atoms with E-state index in [1.165, 1.54) is 6.20 Å². The average molecular weight is 584 g/mol. The number of amidine groups is 1. The van der Waals surface area contributed by atoms with Gasteiger partial charge < -0.3 is 9.47 Å². The van der Waals surface area contributed by atoms with E-state index in [2.05, 4.69) is 36.2 Å². The number of halogens is 1. The van der Waals surface area contributed by atoms with E-state index in [4.69, 9.17) is 14.5 Å². The molecule has 194 valence electrons. The summed E-state index contributed by atoms with van der Waals surface area (Å²) in [6, 6.07) is 16.5. The van der Waals surface area contributed by atoms with Crippen LogP contribution < -0.4 is 10.1 Å². The van der Waals surface area contributed by atoms with Gasteiger partial charge in [0.05, 0.1) is 18.5 Å². The van der Waals surface area contributed by atoms with Gasteiger partial charge in [0.25, 0.3) is 11.9 Å². The number of Topliss-reactive ketones (excluding diaryl/α,β-unsaturated/α-hetero) is 1. The molecule has 2 aromatic heterocycles. The van der Waals surface area contributed by atoms with Gasteiger partial charge in [-0.2, -0.15) is 0 Å². The van der Waals surface area contributed by atoms with Gasteiger partial charge in [0.2, 0.25) is 5.88 Å². The molecule has 0 saturated carbocycles. The molecule has 2 aliphatic heterocycles. The number of carbonyl (C=O) groups is 2. The molecule has 4 heterocycles. The highest BCUT2D eigenvalue weighted by atomic mass is 79.9. The average Bonchev–Trinajstić information content (AvgIpc) is 2.95. The highest BCUT2D eigenvalue weighted by molar-refractivity contribution is 9.10. The van der Waals surface area contributed by atoms with Crippen LogP contribution in [0.25, 0.3) is 0 Å². The molecule has 0 unspecified atom stereocenters. The maximum Gasteiger partial charge on any atom is 0.292 e. The van der Waals surface area contributed by atoms with Crippen LogP contribution in [0.5, 0.6) is 11.6 Å². The molecular weight excluding hydrogens is 562 g/mol. The van der Waals surface area contributed by atoms with Crippen LogP contribution in [0.4, 0.5) is 0 Å². The summed E-state index contributed by atoms with van der Waals surface area (Å²) >= 11 is 3.52. The minimum absolute atomic E-state index is 0.102. The Bertz CT molecular complexity index is 1630. The molecule has 0 fully saturated rings. The van der Waals surface area contributed by atoms with Gasteiger partial charge in [-0.25, -0.2) is 15.0 Å². The Morgan fingerprint density at radius 3 is 2.64 bits per heavy atom. The van der Waals surface area contributed by atoms with Crippen molar-refractivity contribution in [1.29, 1.82) is 0 Å². The third-order valence-electron chi connectivity index (χ3n) is 6.64. The number of fused-ring (bicyclic) bond motifs is 4. The summed E-state index contributed by atoms with van der Waals surface area (Å²) in [5.74, 6) is 0.515. The number of rotatable bonds is 4. The summed E-state index contributed by atoms with van der Waals surface area (Å²) < 4.78 is 12.7. The van der Waals surface area contributed by atoms with Gasteiger partial charge in [-0.15, -0.1) is 0 Å². The maximum atomic E-state index is 13.0. The molecule has 0 saturated heterocycles. The summed E-state index contributed by atoms with van der Waals surface area (Å²) in [5, 5.41) is 2.80. The maximum absolute atomic E-state index is 13.0. The lowest BCUT2D eigenvalue weighted by Gasteiger charge is -2.39. The van der Waals surface area contributed by atoms with Crippen molar-refractivity contribution in [2.75, 3.05) is 6.61 Å². The normalized spacial score (nSPS) is 17.2. The fraction of sp³-hybridized carbons (Fsp3) is 0.172. The number of nitrogens with one attached hydrogen (secondary N) is 1. The van der Waals surface area contributed by atoms with Crippen molar-refractivity contribution in [3.05, 3.63) is 111 Å². The Morgan fingerprint density at radius 1 is 1.00 bits per heavy atom. The predicted octanol–water partition coefficient (Wildman–Crippen LogP) is 4.92. The zero-order chi connectivity index (χ0) is 27.0. The Hall–Kier alpha value is -4.44. The predicted molar refractivity (Wildman–Crippen MR) is 146 cm³/mol. The summed E-state index contributed by atoms with van der Waals surface area (Å²) in [6.07, 6.45) is 5.33. The number of pyridine rings is 1. The Balaban J connectivity index is 1.41. The molecular formula is C29H22BrN5O4. The van der Waals surface area contributed by atoms with E-state index < -0.39 is 5.54 Å². The lowest BCUT2D eigenvalue weighted by Crippen LogP contribution is -2.42. The summed E-state index contributed by atoms with van der Waals surface area (Å²) in [6.45, 7) is 2.11. The van der Waals surface area contributed by atoms with Crippen LogP contribution in [0.3, 0.4) is 0 Å². The van der Waals surface area contributed by atoms with E-state index in [1.54, 1.807) is 36.7 Å². The van der Waals surface area contributed by atoms with Crippen LogP contribution >= 0.6 is 15.9 Å². The third kappa shape index (κ3) is 4.79. The molecule has 6 rings (SSSR count). The molecule has 10 heteroatoms. The van der Waals surface area contributed by atoms with Gasteiger partial charge in [0, 0.05) is 46.4 Å². The van der Waals surface area contributed by atoms with E-state index in [1.807, 2.05) is 37.3 Å². The Kier molecular flexibility index (Phi) is 6.40. The first kappa shape index (κ1) is 24.9. The molecule has 4 aromatic rings. The molecule has 1 atom stereocenters. The molecule has 1 amide bonds. The highest BCUT2D eigenvalue weighted by Gasteiger charge is 2.46. The van der Waals surface area contributed by atoms with Crippen molar-refractivity contribution in [3.63, 3.8) is 0 Å². The fourth-order valence-electron chi connectivity index (χ4n) is 4.73. The smallest absolute Gasteiger partial charge is 0.292 e. The lowest BCUT2D eigenvalue weighted by atomic mass is 9.78. The molecule has 0 bridgehead atoms. The molecule has 0 aliphatic carbocycles. The van der Waals surface area contributed by atoms with Crippen molar-refractivity contribution in [2.45, 2.75) is 25.3 Å². The number of nitrogens with zero attached hydrogens (tertiary/aromatic N) is 4. The number of carbonyl (C=O) groups excluding carboxylic acids is 2. The van der Waals surface area contributed by atoms with Crippen LogP contribution in [0, 0.1) is 6.92 Å². The molecule has 0 radical (unpaired) electrons. The number of hydrogen-bond donors (Lipinski definition) is 1. The van der Waals surface area contributed by atoms with Crippen molar-refractivity contribution < 1.29 is 19.1 Å². The molecule has 1 spiro atoms. The van der Waals surface area contributed by atoms with E-state index in [0.717, 1.165) is 26.9 Å². The number of aryl methyl sites for hydroxylation is 1.